The molecule has 0 radical (unpaired) electrons. The highest BCUT2D eigenvalue weighted by Gasteiger charge is 2.23. The van der Waals surface area contributed by atoms with Gasteiger partial charge in [0, 0.05) is 24.8 Å². The third-order valence-corrected chi connectivity index (χ3v) is 2.92. The molecular formula is C14H21N3O2. The average molecular weight is 263 g/mol. The second kappa shape index (κ2) is 5.93. The normalized spacial score (nSPS) is 17.7. The fourth-order valence-corrected chi connectivity index (χ4v) is 1.89. The Morgan fingerprint density at radius 1 is 1.37 bits per heavy atom. The molecule has 0 fully saturated rings. The third kappa shape index (κ3) is 3.61. The largest absolute Gasteiger partial charge is 0.479 e. The lowest BCUT2D eigenvalue weighted by atomic mass is 10.2. The lowest BCUT2D eigenvalue weighted by molar-refractivity contribution is -0.122. The summed E-state index contributed by atoms with van der Waals surface area (Å²) in [5.74, 6) is 0.615. The van der Waals surface area contributed by atoms with Gasteiger partial charge in [-0.05, 0) is 25.1 Å². The van der Waals surface area contributed by atoms with Crippen LogP contribution in [0.15, 0.2) is 18.2 Å². The molecule has 104 valence electrons. The summed E-state index contributed by atoms with van der Waals surface area (Å²) in [7, 11) is 0. The van der Waals surface area contributed by atoms with Crippen LogP contribution in [0.3, 0.4) is 0 Å². The Morgan fingerprint density at radius 3 is 2.89 bits per heavy atom. The van der Waals surface area contributed by atoms with Gasteiger partial charge < -0.3 is 20.7 Å². The van der Waals surface area contributed by atoms with Crippen molar-refractivity contribution < 1.29 is 9.53 Å². The minimum absolute atomic E-state index is 0.105. The molecule has 0 bridgehead atoms. The van der Waals surface area contributed by atoms with E-state index in [1.807, 2.05) is 18.2 Å². The molecule has 0 aliphatic carbocycles. The number of carbonyl (C=O) groups excluding carboxylic acids is 1. The van der Waals surface area contributed by atoms with Crippen LogP contribution in [-0.4, -0.2) is 31.1 Å². The van der Waals surface area contributed by atoms with E-state index in [9.17, 15) is 4.79 Å². The molecule has 1 aliphatic heterocycles. The van der Waals surface area contributed by atoms with E-state index < -0.39 is 6.10 Å². The molecule has 0 aromatic heterocycles. The van der Waals surface area contributed by atoms with Crippen molar-refractivity contribution >= 4 is 17.3 Å². The molecule has 0 spiro atoms. The van der Waals surface area contributed by atoms with E-state index >= 15 is 0 Å². The number of benzene rings is 1. The van der Waals surface area contributed by atoms with Crippen molar-refractivity contribution in [2.24, 2.45) is 0 Å². The minimum Gasteiger partial charge on any atom is -0.479 e. The summed E-state index contributed by atoms with van der Waals surface area (Å²) in [6.45, 7) is 7.71. The summed E-state index contributed by atoms with van der Waals surface area (Å²) in [4.78, 5) is 11.5. The number of amides is 1. The molecule has 3 N–H and O–H groups in total. The topological polar surface area (TPSA) is 62.4 Å². The first-order chi connectivity index (χ1) is 9.06. The number of ether oxygens (including phenoxy) is 1. The molecule has 5 heteroatoms. The average Bonchev–Trinajstić information content (AvgIpc) is 2.36. The van der Waals surface area contributed by atoms with Crippen LogP contribution in [0.25, 0.3) is 0 Å². The molecule has 1 aromatic rings. The second-order valence-electron chi connectivity index (χ2n) is 5.00. The Morgan fingerprint density at radius 2 is 2.16 bits per heavy atom. The summed E-state index contributed by atoms with van der Waals surface area (Å²) in [5.41, 5.74) is 1.70. The molecule has 1 atom stereocenters. The van der Waals surface area contributed by atoms with Gasteiger partial charge in [0.05, 0.1) is 5.69 Å². The molecule has 1 amide bonds. The summed E-state index contributed by atoms with van der Waals surface area (Å²) in [6.07, 6.45) is -0.429. The van der Waals surface area contributed by atoms with Crippen molar-refractivity contribution in [2.45, 2.75) is 32.9 Å². The van der Waals surface area contributed by atoms with Gasteiger partial charge in [0.15, 0.2) is 6.10 Å². The maximum Gasteiger partial charge on any atom is 0.265 e. The van der Waals surface area contributed by atoms with E-state index in [-0.39, 0.29) is 5.91 Å². The number of hydrogen-bond acceptors (Lipinski definition) is 4. The van der Waals surface area contributed by atoms with Crippen LogP contribution in [0.5, 0.6) is 5.75 Å². The van der Waals surface area contributed by atoms with Crippen molar-refractivity contribution in [3.8, 4) is 5.75 Å². The molecule has 1 heterocycles. The van der Waals surface area contributed by atoms with E-state index in [4.69, 9.17) is 4.74 Å². The van der Waals surface area contributed by atoms with E-state index in [2.05, 4.69) is 29.8 Å². The standard InChI is InChI=1S/C14H21N3O2/c1-9(2)15-6-7-16-11-4-5-13-12(8-11)17-14(18)10(3)19-13/h4-5,8-10,15-16H,6-7H2,1-3H3,(H,17,18). The van der Waals surface area contributed by atoms with E-state index in [1.54, 1.807) is 6.92 Å². The fraction of sp³-hybridized carbons (Fsp3) is 0.500. The Balaban J connectivity index is 1.94. The third-order valence-electron chi connectivity index (χ3n) is 2.92. The maximum absolute atomic E-state index is 11.5. The highest BCUT2D eigenvalue weighted by Crippen LogP contribution is 2.31. The maximum atomic E-state index is 11.5. The smallest absolute Gasteiger partial charge is 0.265 e. The number of rotatable bonds is 5. The predicted octanol–water partition coefficient (Wildman–Crippen LogP) is 1.82. The highest BCUT2D eigenvalue weighted by molar-refractivity contribution is 5.98. The van der Waals surface area contributed by atoms with Crippen LogP contribution in [0.2, 0.25) is 0 Å². The van der Waals surface area contributed by atoms with Crippen molar-refractivity contribution in [1.82, 2.24) is 5.32 Å². The number of hydrogen-bond donors (Lipinski definition) is 3. The Labute approximate surface area is 113 Å². The minimum atomic E-state index is -0.429. The number of fused-ring (bicyclic) bond motifs is 1. The Kier molecular flexibility index (Phi) is 4.27. The summed E-state index contributed by atoms with van der Waals surface area (Å²) >= 11 is 0. The molecule has 19 heavy (non-hydrogen) atoms. The van der Waals surface area contributed by atoms with Gasteiger partial charge in [-0.1, -0.05) is 13.8 Å². The monoisotopic (exact) mass is 263 g/mol. The molecule has 2 rings (SSSR count). The van der Waals surface area contributed by atoms with Gasteiger partial charge in [0.2, 0.25) is 0 Å². The summed E-state index contributed by atoms with van der Waals surface area (Å²) in [6, 6.07) is 6.22. The molecule has 5 nitrogen and oxygen atoms in total. The zero-order chi connectivity index (χ0) is 13.8. The SMILES string of the molecule is CC(C)NCCNc1ccc2c(c1)NC(=O)C(C)O2. The summed E-state index contributed by atoms with van der Waals surface area (Å²) < 4.78 is 5.50. The van der Waals surface area contributed by atoms with Gasteiger partial charge in [-0.3, -0.25) is 4.79 Å². The lowest BCUT2D eigenvalue weighted by Gasteiger charge is -2.23. The Bertz CT molecular complexity index is 460. The van der Waals surface area contributed by atoms with Crippen molar-refractivity contribution in [3.63, 3.8) is 0 Å². The van der Waals surface area contributed by atoms with Gasteiger partial charge in [0.1, 0.15) is 5.75 Å². The van der Waals surface area contributed by atoms with Crippen LogP contribution in [0, 0.1) is 0 Å². The number of anilines is 2. The zero-order valence-corrected chi connectivity index (χ0v) is 11.6. The van der Waals surface area contributed by atoms with Crippen LogP contribution in [0.4, 0.5) is 11.4 Å². The fourth-order valence-electron chi connectivity index (χ4n) is 1.89. The van der Waals surface area contributed by atoms with Crippen LogP contribution >= 0.6 is 0 Å². The lowest BCUT2D eigenvalue weighted by Crippen LogP contribution is -2.34. The summed E-state index contributed by atoms with van der Waals surface area (Å²) in [5, 5.41) is 9.48. The molecule has 0 saturated heterocycles. The first-order valence-corrected chi connectivity index (χ1v) is 6.65. The molecule has 1 aliphatic rings. The van der Waals surface area contributed by atoms with E-state index in [1.165, 1.54) is 0 Å². The highest BCUT2D eigenvalue weighted by atomic mass is 16.5. The van der Waals surface area contributed by atoms with Crippen molar-refractivity contribution in [1.29, 1.82) is 0 Å². The van der Waals surface area contributed by atoms with Gasteiger partial charge >= 0.3 is 0 Å². The van der Waals surface area contributed by atoms with Crippen molar-refractivity contribution in [3.05, 3.63) is 18.2 Å². The Hall–Kier alpha value is -1.75. The zero-order valence-electron chi connectivity index (χ0n) is 11.6. The molecule has 1 unspecified atom stereocenters. The van der Waals surface area contributed by atoms with E-state index in [0.717, 1.165) is 30.2 Å². The number of nitrogens with one attached hydrogen (secondary N) is 3. The molecule has 0 saturated carbocycles. The van der Waals surface area contributed by atoms with Crippen LogP contribution < -0.4 is 20.7 Å². The van der Waals surface area contributed by atoms with Gasteiger partial charge in [-0.25, -0.2) is 0 Å². The van der Waals surface area contributed by atoms with Crippen LogP contribution in [-0.2, 0) is 4.79 Å². The first-order valence-electron chi connectivity index (χ1n) is 6.65. The first kappa shape index (κ1) is 13.7. The van der Waals surface area contributed by atoms with Gasteiger partial charge in [0.25, 0.3) is 5.91 Å². The van der Waals surface area contributed by atoms with Crippen molar-refractivity contribution in [2.75, 3.05) is 23.7 Å². The quantitative estimate of drug-likeness (QED) is 0.709. The molecule has 1 aromatic carbocycles. The second-order valence-corrected chi connectivity index (χ2v) is 5.00. The molecular weight excluding hydrogens is 242 g/mol. The van der Waals surface area contributed by atoms with E-state index in [0.29, 0.717) is 6.04 Å². The number of carbonyl (C=O) groups is 1. The predicted molar refractivity (Wildman–Crippen MR) is 76.8 cm³/mol. The van der Waals surface area contributed by atoms with Crippen LogP contribution in [0.1, 0.15) is 20.8 Å². The van der Waals surface area contributed by atoms with Gasteiger partial charge in [-0.2, -0.15) is 0 Å². The van der Waals surface area contributed by atoms with Gasteiger partial charge in [-0.15, -0.1) is 0 Å².